The first-order valence-corrected chi connectivity index (χ1v) is 8.40. The number of hydrogen-bond acceptors (Lipinski definition) is 2. The molecule has 0 spiro atoms. The summed E-state index contributed by atoms with van der Waals surface area (Å²) in [7, 11) is 0. The lowest BCUT2D eigenvalue weighted by atomic mass is 9.78. The first kappa shape index (κ1) is 14.1. The van der Waals surface area contributed by atoms with Crippen molar-refractivity contribution >= 4 is 0 Å². The second kappa shape index (κ2) is 5.51. The summed E-state index contributed by atoms with van der Waals surface area (Å²) >= 11 is 0. The van der Waals surface area contributed by atoms with Gasteiger partial charge in [0.25, 0.3) is 0 Å². The van der Waals surface area contributed by atoms with Crippen LogP contribution in [0.2, 0.25) is 0 Å². The SMILES string of the molecule is CCNCC1(Cc2ccn(C(C)CC)n2)CC2CC2C1. The van der Waals surface area contributed by atoms with Gasteiger partial charge < -0.3 is 5.32 Å². The van der Waals surface area contributed by atoms with E-state index < -0.39 is 0 Å². The third kappa shape index (κ3) is 2.78. The molecule has 0 saturated heterocycles. The topological polar surface area (TPSA) is 29.9 Å². The van der Waals surface area contributed by atoms with Crippen LogP contribution in [0.25, 0.3) is 0 Å². The van der Waals surface area contributed by atoms with Gasteiger partial charge in [0, 0.05) is 18.8 Å². The van der Waals surface area contributed by atoms with E-state index in [1.165, 1.54) is 31.5 Å². The van der Waals surface area contributed by atoms with E-state index in [1.54, 1.807) is 0 Å². The maximum Gasteiger partial charge on any atom is 0.0630 e. The largest absolute Gasteiger partial charge is 0.316 e. The predicted molar refractivity (Wildman–Crippen MR) is 82.7 cm³/mol. The van der Waals surface area contributed by atoms with E-state index in [1.807, 2.05) is 0 Å². The molecular formula is C17H29N3. The Morgan fingerprint density at radius 3 is 2.80 bits per heavy atom. The molecule has 0 aliphatic heterocycles. The average Bonchev–Trinajstić information content (AvgIpc) is 2.89. The van der Waals surface area contributed by atoms with Crippen LogP contribution in [0.4, 0.5) is 0 Å². The monoisotopic (exact) mass is 275 g/mol. The molecule has 20 heavy (non-hydrogen) atoms. The Balaban J connectivity index is 1.68. The quantitative estimate of drug-likeness (QED) is 0.826. The van der Waals surface area contributed by atoms with Gasteiger partial charge in [-0.15, -0.1) is 0 Å². The fourth-order valence-electron chi connectivity index (χ4n) is 4.04. The Morgan fingerprint density at radius 2 is 2.15 bits per heavy atom. The van der Waals surface area contributed by atoms with Gasteiger partial charge in [-0.25, -0.2) is 0 Å². The molecular weight excluding hydrogens is 246 g/mol. The fraction of sp³-hybridized carbons (Fsp3) is 0.824. The molecule has 3 nitrogen and oxygen atoms in total. The third-order valence-electron chi connectivity index (χ3n) is 5.47. The molecule has 0 amide bonds. The summed E-state index contributed by atoms with van der Waals surface area (Å²) in [4.78, 5) is 0. The van der Waals surface area contributed by atoms with Crippen molar-refractivity contribution in [2.45, 2.75) is 58.9 Å². The lowest BCUT2D eigenvalue weighted by Gasteiger charge is -2.30. The smallest absolute Gasteiger partial charge is 0.0630 e. The Kier molecular flexibility index (Phi) is 3.89. The minimum Gasteiger partial charge on any atom is -0.316 e. The van der Waals surface area contributed by atoms with Crippen molar-refractivity contribution < 1.29 is 0 Å². The molecule has 0 aromatic carbocycles. The maximum atomic E-state index is 4.83. The van der Waals surface area contributed by atoms with E-state index in [4.69, 9.17) is 5.10 Å². The summed E-state index contributed by atoms with van der Waals surface area (Å²) in [6.07, 6.45) is 8.81. The molecule has 1 heterocycles. The van der Waals surface area contributed by atoms with Gasteiger partial charge in [0.05, 0.1) is 5.69 Å². The minimum absolute atomic E-state index is 0.484. The van der Waals surface area contributed by atoms with Crippen LogP contribution >= 0.6 is 0 Å². The van der Waals surface area contributed by atoms with Gasteiger partial charge in [0.2, 0.25) is 0 Å². The maximum absolute atomic E-state index is 4.83. The highest BCUT2D eigenvalue weighted by Crippen LogP contribution is 2.60. The summed E-state index contributed by atoms with van der Waals surface area (Å²) in [5, 5.41) is 8.42. The van der Waals surface area contributed by atoms with E-state index >= 15 is 0 Å². The Labute approximate surface area is 123 Å². The van der Waals surface area contributed by atoms with E-state index in [9.17, 15) is 0 Å². The van der Waals surface area contributed by atoms with Gasteiger partial charge in [0.1, 0.15) is 0 Å². The summed E-state index contributed by atoms with van der Waals surface area (Å²) < 4.78 is 2.14. The van der Waals surface area contributed by atoms with Crippen LogP contribution in [0.1, 0.15) is 58.2 Å². The highest BCUT2D eigenvalue weighted by atomic mass is 15.3. The zero-order chi connectivity index (χ0) is 14.2. The van der Waals surface area contributed by atoms with Crippen molar-refractivity contribution in [1.29, 1.82) is 0 Å². The molecule has 3 rings (SSSR count). The molecule has 0 radical (unpaired) electrons. The molecule has 3 heteroatoms. The number of nitrogens with zero attached hydrogens (tertiary/aromatic N) is 2. The lowest BCUT2D eigenvalue weighted by Crippen LogP contribution is -2.35. The fourth-order valence-corrected chi connectivity index (χ4v) is 4.04. The van der Waals surface area contributed by atoms with Gasteiger partial charge >= 0.3 is 0 Å². The van der Waals surface area contributed by atoms with Crippen LogP contribution in [-0.2, 0) is 6.42 Å². The zero-order valence-corrected chi connectivity index (χ0v) is 13.2. The van der Waals surface area contributed by atoms with Crippen molar-refractivity contribution in [1.82, 2.24) is 15.1 Å². The number of rotatable bonds is 7. The first-order chi connectivity index (χ1) is 9.65. The molecule has 1 N–H and O–H groups in total. The first-order valence-electron chi connectivity index (χ1n) is 8.40. The highest BCUT2D eigenvalue weighted by molar-refractivity contribution is 5.11. The van der Waals surface area contributed by atoms with Crippen LogP contribution in [-0.4, -0.2) is 22.9 Å². The standard InChI is InChI=1S/C17H29N3/c1-4-13(3)20-7-6-16(19-20)11-17(12-18-5-2)9-14-8-15(14)10-17/h6-7,13-15,18H,4-5,8-12H2,1-3H3. The van der Waals surface area contributed by atoms with Gasteiger partial charge in [-0.05, 0) is 68.9 Å². The molecule has 2 aliphatic carbocycles. The van der Waals surface area contributed by atoms with E-state index in [-0.39, 0.29) is 0 Å². The van der Waals surface area contributed by atoms with Crippen molar-refractivity contribution in [2.24, 2.45) is 17.3 Å². The zero-order valence-electron chi connectivity index (χ0n) is 13.2. The summed E-state index contributed by atoms with van der Waals surface area (Å²) in [6.45, 7) is 8.94. The Bertz CT molecular complexity index is 441. The predicted octanol–water partition coefficient (Wildman–Crippen LogP) is 3.42. The Morgan fingerprint density at radius 1 is 1.40 bits per heavy atom. The van der Waals surface area contributed by atoms with E-state index in [2.05, 4.69) is 43.0 Å². The molecule has 0 bridgehead atoms. The lowest BCUT2D eigenvalue weighted by molar-refractivity contribution is 0.247. The second-order valence-electron chi connectivity index (χ2n) is 7.17. The van der Waals surface area contributed by atoms with Gasteiger partial charge in [0.15, 0.2) is 0 Å². The highest BCUT2D eigenvalue weighted by Gasteiger charge is 2.53. The second-order valence-corrected chi connectivity index (χ2v) is 7.17. The number of nitrogens with one attached hydrogen (secondary N) is 1. The van der Waals surface area contributed by atoms with E-state index in [0.717, 1.165) is 31.2 Å². The van der Waals surface area contributed by atoms with Crippen molar-refractivity contribution in [3.8, 4) is 0 Å². The summed E-state index contributed by atoms with van der Waals surface area (Å²) in [5.74, 6) is 2.07. The summed E-state index contributed by atoms with van der Waals surface area (Å²) in [6, 6.07) is 2.76. The van der Waals surface area contributed by atoms with Gasteiger partial charge in [-0.1, -0.05) is 13.8 Å². The molecule has 2 saturated carbocycles. The average molecular weight is 275 g/mol. The molecule has 3 atom stereocenters. The van der Waals surface area contributed by atoms with Crippen LogP contribution in [0.15, 0.2) is 12.3 Å². The molecule has 3 unspecified atom stereocenters. The normalized spacial score (nSPS) is 33.1. The van der Waals surface area contributed by atoms with Crippen LogP contribution in [0.5, 0.6) is 0 Å². The van der Waals surface area contributed by atoms with Crippen LogP contribution in [0, 0.1) is 17.3 Å². The molecule has 1 aromatic rings. The minimum atomic E-state index is 0.484. The molecule has 1 aromatic heterocycles. The third-order valence-corrected chi connectivity index (χ3v) is 5.47. The van der Waals surface area contributed by atoms with Crippen LogP contribution < -0.4 is 5.32 Å². The number of hydrogen-bond donors (Lipinski definition) is 1. The molecule has 112 valence electrons. The molecule has 2 fully saturated rings. The number of aromatic nitrogens is 2. The van der Waals surface area contributed by atoms with Gasteiger partial charge in [-0.2, -0.15) is 5.10 Å². The van der Waals surface area contributed by atoms with E-state index in [0.29, 0.717) is 11.5 Å². The number of fused-ring (bicyclic) bond motifs is 1. The Hall–Kier alpha value is -0.830. The van der Waals surface area contributed by atoms with Gasteiger partial charge in [-0.3, -0.25) is 4.68 Å². The van der Waals surface area contributed by atoms with Crippen LogP contribution in [0.3, 0.4) is 0 Å². The van der Waals surface area contributed by atoms with Crippen molar-refractivity contribution in [2.75, 3.05) is 13.1 Å². The van der Waals surface area contributed by atoms with Crippen molar-refractivity contribution in [3.05, 3.63) is 18.0 Å². The molecule has 2 aliphatic rings. The summed E-state index contributed by atoms with van der Waals surface area (Å²) in [5.41, 5.74) is 1.78. The van der Waals surface area contributed by atoms with Crippen molar-refractivity contribution in [3.63, 3.8) is 0 Å².